The minimum atomic E-state index is -0.299. The quantitative estimate of drug-likeness (QED) is 0.0584. The normalized spacial score (nSPS) is 16.0. The minimum absolute atomic E-state index is 0.276. The van der Waals surface area contributed by atoms with Crippen LogP contribution in [-0.4, -0.2) is 44.0 Å². The Morgan fingerprint density at radius 1 is 0.442 bits per heavy atom. The van der Waals surface area contributed by atoms with Crippen LogP contribution in [0.1, 0.15) is 265 Å². The van der Waals surface area contributed by atoms with E-state index in [-0.39, 0.29) is 11.9 Å². The van der Waals surface area contributed by atoms with Gasteiger partial charge in [-0.3, -0.25) is 0 Å². The van der Waals surface area contributed by atoms with Gasteiger partial charge in [-0.05, 0) is 45.2 Å². The van der Waals surface area contributed by atoms with Crippen LogP contribution in [0, 0.1) is 11.8 Å². The van der Waals surface area contributed by atoms with E-state index in [1.54, 1.807) is 0 Å². The van der Waals surface area contributed by atoms with Gasteiger partial charge >= 0.3 is 0 Å². The van der Waals surface area contributed by atoms with Crippen LogP contribution in [0.5, 0.6) is 0 Å². The molecule has 0 aromatic heterocycles. The first-order valence-corrected chi connectivity index (χ1v) is 24.4. The Balaban J connectivity index is 2.25. The Morgan fingerprint density at radius 2 is 0.750 bits per heavy atom. The second-order valence-electron chi connectivity index (χ2n) is 18.0. The molecule has 0 N–H and O–H groups in total. The van der Waals surface area contributed by atoms with E-state index in [2.05, 4.69) is 46.7 Å². The lowest BCUT2D eigenvalue weighted by Gasteiger charge is -2.29. The van der Waals surface area contributed by atoms with E-state index in [4.69, 9.17) is 9.47 Å². The van der Waals surface area contributed by atoms with E-state index in [9.17, 15) is 0 Å². The molecule has 1 rings (SSSR count). The zero-order valence-corrected chi connectivity index (χ0v) is 37.1. The summed E-state index contributed by atoms with van der Waals surface area (Å²) >= 11 is 0. The highest BCUT2D eigenvalue weighted by atomic mass is 16.7. The van der Waals surface area contributed by atoms with Gasteiger partial charge in [0.05, 0.1) is 12.7 Å². The van der Waals surface area contributed by atoms with Crippen molar-refractivity contribution in [1.29, 1.82) is 0 Å². The second-order valence-corrected chi connectivity index (χ2v) is 18.0. The molecule has 1 atom stereocenters. The van der Waals surface area contributed by atoms with Gasteiger partial charge < -0.3 is 14.4 Å². The molecule has 52 heavy (non-hydrogen) atoms. The van der Waals surface area contributed by atoms with Crippen LogP contribution >= 0.6 is 0 Å². The van der Waals surface area contributed by atoms with Crippen molar-refractivity contribution in [2.45, 2.75) is 277 Å². The highest BCUT2D eigenvalue weighted by Gasteiger charge is 2.40. The van der Waals surface area contributed by atoms with Gasteiger partial charge in [0, 0.05) is 19.4 Å². The summed E-state index contributed by atoms with van der Waals surface area (Å²) < 4.78 is 13.3. The highest BCUT2D eigenvalue weighted by molar-refractivity contribution is 4.80. The number of rotatable bonds is 41. The molecule has 1 aliphatic rings. The standard InChI is InChI=1S/C49H99NO2/c1-7-11-27-35-46(36-28-12-8-2)39-31-23-19-15-17-21-25-33-42-49(51-45-48(52-49)41-44-50(5)6)43-34-26-22-18-16-20-24-32-40-47(37-29-13-9-3)38-30-14-10-4/h46-48H,7-45H2,1-6H3. The van der Waals surface area contributed by atoms with Crippen molar-refractivity contribution in [1.82, 2.24) is 4.90 Å². The molecule has 1 fully saturated rings. The molecular formula is C49H99NO2. The maximum Gasteiger partial charge on any atom is 0.168 e. The molecule has 3 nitrogen and oxygen atoms in total. The van der Waals surface area contributed by atoms with Gasteiger partial charge in [0.1, 0.15) is 0 Å². The summed E-state index contributed by atoms with van der Waals surface area (Å²) in [5.74, 6) is 1.71. The summed E-state index contributed by atoms with van der Waals surface area (Å²) in [5.41, 5.74) is 0. The van der Waals surface area contributed by atoms with Crippen molar-refractivity contribution < 1.29 is 9.47 Å². The van der Waals surface area contributed by atoms with Gasteiger partial charge in [0.15, 0.2) is 5.79 Å². The lowest BCUT2D eigenvalue weighted by molar-refractivity contribution is -0.180. The van der Waals surface area contributed by atoms with Crippen molar-refractivity contribution >= 4 is 0 Å². The highest BCUT2D eigenvalue weighted by Crippen LogP contribution is 2.36. The number of unbranched alkanes of at least 4 members (excludes halogenated alkanes) is 22. The molecule has 0 amide bonds. The van der Waals surface area contributed by atoms with Crippen LogP contribution in [0.4, 0.5) is 0 Å². The summed E-state index contributed by atoms with van der Waals surface area (Å²) in [6.07, 6.45) is 51.9. The van der Waals surface area contributed by atoms with Gasteiger partial charge in [-0.25, -0.2) is 0 Å². The summed E-state index contributed by atoms with van der Waals surface area (Å²) in [7, 11) is 4.34. The van der Waals surface area contributed by atoms with Crippen LogP contribution in [0.15, 0.2) is 0 Å². The van der Waals surface area contributed by atoms with Gasteiger partial charge in [0.2, 0.25) is 0 Å². The molecular weight excluding hydrogens is 635 g/mol. The topological polar surface area (TPSA) is 21.7 Å². The fraction of sp³-hybridized carbons (Fsp3) is 1.00. The molecule has 1 saturated heterocycles. The van der Waals surface area contributed by atoms with Crippen molar-refractivity contribution in [3.8, 4) is 0 Å². The lowest BCUT2D eigenvalue weighted by Crippen LogP contribution is -2.31. The van der Waals surface area contributed by atoms with E-state index in [1.165, 1.54) is 218 Å². The maximum absolute atomic E-state index is 6.76. The van der Waals surface area contributed by atoms with E-state index in [0.29, 0.717) is 0 Å². The summed E-state index contributed by atoms with van der Waals surface area (Å²) in [6, 6.07) is 0. The zero-order chi connectivity index (χ0) is 37.8. The Morgan fingerprint density at radius 3 is 1.08 bits per heavy atom. The van der Waals surface area contributed by atoms with Gasteiger partial charge in [-0.1, -0.05) is 233 Å². The Bertz CT molecular complexity index is 645. The number of hydrogen-bond donors (Lipinski definition) is 0. The molecule has 0 aromatic rings. The molecule has 0 spiro atoms. The SMILES string of the molecule is CCCCCC(CCCCC)CCCCCCCCCCC1(CCCCCCCCCCC(CCCCC)CCCCC)OCC(CCN(C)C)O1. The van der Waals surface area contributed by atoms with E-state index in [1.807, 2.05) is 0 Å². The van der Waals surface area contributed by atoms with E-state index >= 15 is 0 Å². The summed E-state index contributed by atoms with van der Waals surface area (Å²) in [5, 5.41) is 0. The average Bonchev–Trinajstić information content (AvgIpc) is 3.55. The third-order valence-corrected chi connectivity index (χ3v) is 12.5. The predicted octanol–water partition coefficient (Wildman–Crippen LogP) is 16.4. The molecule has 0 aromatic carbocycles. The largest absolute Gasteiger partial charge is 0.347 e. The van der Waals surface area contributed by atoms with Crippen LogP contribution < -0.4 is 0 Å². The molecule has 3 heteroatoms. The molecule has 1 aliphatic heterocycles. The minimum Gasteiger partial charge on any atom is -0.347 e. The number of hydrogen-bond acceptors (Lipinski definition) is 3. The third kappa shape index (κ3) is 29.2. The van der Waals surface area contributed by atoms with Crippen molar-refractivity contribution in [3.63, 3.8) is 0 Å². The van der Waals surface area contributed by atoms with Crippen LogP contribution in [0.3, 0.4) is 0 Å². The maximum atomic E-state index is 6.76. The van der Waals surface area contributed by atoms with Crippen molar-refractivity contribution in [2.24, 2.45) is 11.8 Å². The van der Waals surface area contributed by atoms with E-state index < -0.39 is 0 Å². The Labute approximate surface area is 329 Å². The first-order chi connectivity index (χ1) is 25.5. The molecule has 0 bridgehead atoms. The Hall–Kier alpha value is -0.120. The lowest BCUT2D eigenvalue weighted by atomic mass is 9.90. The second kappa shape index (κ2) is 36.5. The molecule has 0 radical (unpaired) electrons. The van der Waals surface area contributed by atoms with Crippen molar-refractivity contribution in [2.75, 3.05) is 27.2 Å². The molecule has 1 unspecified atom stereocenters. The Kier molecular flexibility index (Phi) is 35.0. The third-order valence-electron chi connectivity index (χ3n) is 12.5. The van der Waals surface area contributed by atoms with Crippen molar-refractivity contribution in [3.05, 3.63) is 0 Å². The van der Waals surface area contributed by atoms with Gasteiger partial charge in [-0.2, -0.15) is 0 Å². The summed E-state index contributed by atoms with van der Waals surface area (Å²) in [4.78, 5) is 2.28. The van der Waals surface area contributed by atoms with Crippen LogP contribution in [0.25, 0.3) is 0 Å². The molecule has 0 aliphatic carbocycles. The number of ether oxygens (including phenoxy) is 2. The molecule has 312 valence electrons. The smallest absolute Gasteiger partial charge is 0.168 e. The van der Waals surface area contributed by atoms with Gasteiger partial charge in [-0.15, -0.1) is 0 Å². The first kappa shape index (κ1) is 49.9. The number of nitrogens with zero attached hydrogens (tertiary/aromatic N) is 1. The fourth-order valence-corrected chi connectivity index (χ4v) is 8.92. The summed E-state index contributed by atoms with van der Waals surface area (Å²) in [6.45, 7) is 11.2. The predicted molar refractivity (Wildman–Crippen MR) is 233 cm³/mol. The van der Waals surface area contributed by atoms with Crippen LogP contribution in [-0.2, 0) is 9.47 Å². The first-order valence-electron chi connectivity index (χ1n) is 24.4. The zero-order valence-electron chi connectivity index (χ0n) is 37.1. The fourth-order valence-electron chi connectivity index (χ4n) is 8.92. The molecule has 0 saturated carbocycles. The van der Waals surface area contributed by atoms with Gasteiger partial charge in [0.25, 0.3) is 0 Å². The van der Waals surface area contributed by atoms with Crippen LogP contribution in [0.2, 0.25) is 0 Å². The van der Waals surface area contributed by atoms with E-state index in [0.717, 1.165) is 44.2 Å². The monoisotopic (exact) mass is 734 g/mol. The average molecular weight is 734 g/mol. The molecule has 1 heterocycles.